The first kappa shape index (κ1) is 21.3. The SMILES string of the molecule is Cc1ccc(-n2cnnc2SCC(=O)N2CCC(Oc3ccc(F)cc3F)CC2)cc1. The van der Waals surface area contributed by atoms with Gasteiger partial charge in [-0.05, 0) is 31.2 Å². The molecule has 0 atom stereocenters. The Morgan fingerprint density at radius 3 is 2.61 bits per heavy atom. The predicted octanol–water partition coefficient (Wildman–Crippen LogP) is 4.02. The van der Waals surface area contributed by atoms with Crippen molar-refractivity contribution in [1.29, 1.82) is 0 Å². The third-order valence-corrected chi connectivity index (χ3v) is 6.06. The van der Waals surface area contributed by atoms with Crippen LogP contribution in [0.1, 0.15) is 18.4 Å². The smallest absolute Gasteiger partial charge is 0.233 e. The normalized spacial score (nSPS) is 14.6. The van der Waals surface area contributed by atoms with E-state index in [1.165, 1.54) is 23.9 Å². The van der Waals surface area contributed by atoms with E-state index in [4.69, 9.17) is 4.74 Å². The molecule has 6 nitrogen and oxygen atoms in total. The number of benzene rings is 2. The third kappa shape index (κ3) is 5.22. The maximum atomic E-state index is 13.8. The van der Waals surface area contributed by atoms with Crippen molar-refractivity contribution in [3.8, 4) is 11.4 Å². The maximum absolute atomic E-state index is 13.8. The van der Waals surface area contributed by atoms with Crippen LogP contribution >= 0.6 is 11.8 Å². The first-order valence-electron chi connectivity index (χ1n) is 9.99. The lowest BCUT2D eigenvalue weighted by Gasteiger charge is -2.32. The number of rotatable bonds is 6. The number of nitrogens with zero attached hydrogens (tertiary/aromatic N) is 4. The Hall–Kier alpha value is -2.94. The molecule has 0 radical (unpaired) electrons. The van der Waals surface area contributed by atoms with Crippen molar-refractivity contribution < 1.29 is 18.3 Å². The number of amides is 1. The van der Waals surface area contributed by atoms with E-state index in [0.717, 1.165) is 17.3 Å². The van der Waals surface area contributed by atoms with Crippen molar-refractivity contribution in [2.45, 2.75) is 31.0 Å². The highest BCUT2D eigenvalue weighted by molar-refractivity contribution is 7.99. The maximum Gasteiger partial charge on any atom is 0.233 e. The zero-order chi connectivity index (χ0) is 21.8. The van der Waals surface area contributed by atoms with Crippen LogP contribution in [-0.4, -0.2) is 50.5 Å². The second kappa shape index (κ2) is 9.47. The fourth-order valence-corrected chi connectivity index (χ4v) is 4.23. The van der Waals surface area contributed by atoms with E-state index >= 15 is 0 Å². The molecule has 31 heavy (non-hydrogen) atoms. The van der Waals surface area contributed by atoms with Crippen LogP contribution in [0.5, 0.6) is 5.75 Å². The fourth-order valence-electron chi connectivity index (χ4n) is 3.40. The number of ether oxygens (including phenoxy) is 1. The standard InChI is InChI=1S/C22H22F2N4O2S/c1-15-2-5-17(6-3-15)28-14-25-26-22(28)31-13-21(29)27-10-8-18(9-11-27)30-20-7-4-16(23)12-19(20)24/h2-7,12,14,18H,8-11,13H2,1H3. The average molecular weight is 445 g/mol. The molecule has 0 saturated carbocycles. The molecule has 0 aliphatic carbocycles. The Labute approximate surface area is 183 Å². The summed E-state index contributed by atoms with van der Waals surface area (Å²) < 4.78 is 34.3. The summed E-state index contributed by atoms with van der Waals surface area (Å²) in [6.07, 6.45) is 2.61. The summed E-state index contributed by atoms with van der Waals surface area (Å²) in [6.45, 7) is 3.07. The minimum absolute atomic E-state index is 0.00914. The lowest BCUT2D eigenvalue weighted by atomic mass is 10.1. The summed E-state index contributed by atoms with van der Waals surface area (Å²) in [6, 6.07) is 11.3. The molecular weight excluding hydrogens is 422 g/mol. The number of carbonyl (C=O) groups excluding carboxylic acids is 1. The van der Waals surface area contributed by atoms with Crippen molar-refractivity contribution in [3.63, 3.8) is 0 Å². The molecule has 0 N–H and O–H groups in total. The zero-order valence-corrected chi connectivity index (χ0v) is 17.8. The number of likely N-dealkylation sites (tertiary alicyclic amines) is 1. The van der Waals surface area contributed by atoms with Gasteiger partial charge in [-0.15, -0.1) is 10.2 Å². The topological polar surface area (TPSA) is 60.2 Å². The lowest BCUT2D eigenvalue weighted by molar-refractivity contribution is -0.130. The second-order valence-corrected chi connectivity index (χ2v) is 8.32. The van der Waals surface area contributed by atoms with Crippen molar-refractivity contribution in [2.24, 2.45) is 0 Å². The van der Waals surface area contributed by atoms with Gasteiger partial charge < -0.3 is 9.64 Å². The third-order valence-electron chi connectivity index (χ3n) is 5.14. The zero-order valence-electron chi connectivity index (χ0n) is 17.0. The number of thioether (sulfide) groups is 1. The van der Waals surface area contributed by atoms with Crippen molar-refractivity contribution in [3.05, 3.63) is 66.0 Å². The minimum Gasteiger partial charge on any atom is -0.487 e. The molecule has 0 unspecified atom stereocenters. The summed E-state index contributed by atoms with van der Waals surface area (Å²) in [5.74, 6) is -1.05. The van der Waals surface area contributed by atoms with Gasteiger partial charge in [0.15, 0.2) is 16.7 Å². The van der Waals surface area contributed by atoms with E-state index in [2.05, 4.69) is 10.2 Å². The van der Waals surface area contributed by atoms with Gasteiger partial charge in [-0.25, -0.2) is 8.78 Å². The van der Waals surface area contributed by atoms with E-state index in [-0.39, 0.29) is 23.5 Å². The molecule has 4 rings (SSSR count). The van der Waals surface area contributed by atoms with Crippen LogP contribution in [0, 0.1) is 18.6 Å². The van der Waals surface area contributed by atoms with Crippen LogP contribution < -0.4 is 4.74 Å². The Kier molecular flexibility index (Phi) is 6.50. The fraction of sp³-hybridized carbons (Fsp3) is 0.318. The molecule has 0 spiro atoms. The van der Waals surface area contributed by atoms with Crippen LogP contribution in [0.4, 0.5) is 8.78 Å². The Morgan fingerprint density at radius 1 is 1.16 bits per heavy atom. The van der Waals surface area contributed by atoms with Crippen LogP contribution in [-0.2, 0) is 4.79 Å². The van der Waals surface area contributed by atoms with Gasteiger partial charge in [0.1, 0.15) is 18.2 Å². The Morgan fingerprint density at radius 2 is 1.90 bits per heavy atom. The number of hydrogen-bond donors (Lipinski definition) is 0. The number of aryl methyl sites for hydroxylation is 1. The molecule has 1 amide bonds. The highest BCUT2D eigenvalue weighted by Gasteiger charge is 2.25. The van der Waals surface area contributed by atoms with Crippen molar-refractivity contribution in [1.82, 2.24) is 19.7 Å². The molecule has 0 bridgehead atoms. The molecule has 2 aromatic carbocycles. The molecule has 1 saturated heterocycles. The molecule has 3 aromatic rings. The van der Waals surface area contributed by atoms with Gasteiger partial charge >= 0.3 is 0 Å². The van der Waals surface area contributed by atoms with Gasteiger partial charge in [0, 0.05) is 37.7 Å². The summed E-state index contributed by atoms with van der Waals surface area (Å²) >= 11 is 1.34. The first-order chi connectivity index (χ1) is 15.0. The molecule has 2 heterocycles. The summed E-state index contributed by atoms with van der Waals surface area (Å²) in [5, 5.41) is 8.75. The average Bonchev–Trinajstić information content (AvgIpc) is 3.24. The van der Waals surface area contributed by atoms with Crippen LogP contribution in [0.15, 0.2) is 53.9 Å². The minimum atomic E-state index is -0.715. The first-order valence-corrected chi connectivity index (χ1v) is 11.0. The largest absolute Gasteiger partial charge is 0.487 e. The second-order valence-electron chi connectivity index (χ2n) is 7.38. The van der Waals surface area contributed by atoms with E-state index in [9.17, 15) is 13.6 Å². The van der Waals surface area contributed by atoms with Gasteiger partial charge in [0.05, 0.1) is 5.75 Å². The van der Waals surface area contributed by atoms with E-state index in [0.29, 0.717) is 31.1 Å². The highest BCUT2D eigenvalue weighted by atomic mass is 32.2. The summed E-state index contributed by atoms with van der Waals surface area (Å²) in [4.78, 5) is 14.4. The van der Waals surface area contributed by atoms with Gasteiger partial charge in [-0.2, -0.15) is 0 Å². The quantitative estimate of drug-likeness (QED) is 0.538. The number of aromatic nitrogens is 3. The van der Waals surface area contributed by atoms with Crippen molar-refractivity contribution >= 4 is 17.7 Å². The van der Waals surface area contributed by atoms with E-state index in [1.54, 1.807) is 11.2 Å². The summed E-state index contributed by atoms with van der Waals surface area (Å²) in [5.41, 5.74) is 2.10. The number of hydrogen-bond acceptors (Lipinski definition) is 5. The van der Waals surface area contributed by atoms with E-state index < -0.39 is 11.6 Å². The number of piperidine rings is 1. The highest BCUT2D eigenvalue weighted by Crippen LogP contribution is 2.24. The van der Waals surface area contributed by atoms with Gasteiger partial charge in [0.25, 0.3) is 0 Å². The summed E-state index contributed by atoms with van der Waals surface area (Å²) in [7, 11) is 0. The Balaban J connectivity index is 1.28. The van der Waals surface area contributed by atoms with E-state index in [1.807, 2.05) is 35.8 Å². The van der Waals surface area contributed by atoms with Gasteiger partial charge in [-0.1, -0.05) is 29.5 Å². The van der Waals surface area contributed by atoms with Crippen molar-refractivity contribution in [2.75, 3.05) is 18.8 Å². The van der Waals surface area contributed by atoms with Crippen LogP contribution in [0.2, 0.25) is 0 Å². The number of halogens is 2. The monoisotopic (exact) mass is 444 g/mol. The predicted molar refractivity (Wildman–Crippen MR) is 113 cm³/mol. The molecule has 9 heteroatoms. The van der Waals surface area contributed by atoms with Gasteiger partial charge in [0.2, 0.25) is 5.91 Å². The molecule has 162 valence electrons. The van der Waals surface area contributed by atoms with Gasteiger partial charge in [-0.3, -0.25) is 9.36 Å². The molecule has 1 fully saturated rings. The molecule has 1 aromatic heterocycles. The Bertz CT molecular complexity index is 1050. The van der Waals surface area contributed by atoms with Crippen LogP contribution in [0.3, 0.4) is 0 Å². The molecule has 1 aliphatic rings. The lowest BCUT2D eigenvalue weighted by Crippen LogP contribution is -2.42. The molecular formula is C22H22F2N4O2S. The molecule has 1 aliphatic heterocycles. The number of carbonyl (C=O) groups is 1. The van der Waals surface area contributed by atoms with Crippen LogP contribution in [0.25, 0.3) is 5.69 Å².